The van der Waals surface area contributed by atoms with Gasteiger partial charge in [0.1, 0.15) is 6.04 Å². The van der Waals surface area contributed by atoms with Crippen molar-refractivity contribution in [2.24, 2.45) is 5.92 Å². The molecule has 0 aliphatic rings. The largest absolute Gasteiger partial charge is 0.480 e. The van der Waals surface area contributed by atoms with Gasteiger partial charge in [-0.2, -0.15) is 0 Å². The highest BCUT2D eigenvalue weighted by atomic mass is 16.4. The average molecular weight is 231 g/mol. The van der Waals surface area contributed by atoms with Gasteiger partial charge in [0.2, 0.25) is 0 Å². The van der Waals surface area contributed by atoms with Crippen LogP contribution in [0, 0.1) is 5.92 Å². The Balaban J connectivity index is 3.97. The maximum atomic E-state index is 11.3. The number of hydrogen-bond acceptors (Lipinski definition) is 3. The number of nitrogens with zero attached hydrogens (tertiary/aromatic N) is 1. The van der Waals surface area contributed by atoms with Crippen molar-refractivity contribution < 1.29 is 14.7 Å². The molecule has 3 N–H and O–H groups in total. The van der Waals surface area contributed by atoms with Crippen LogP contribution in [0.1, 0.15) is 13.8 Å². The number of hydrogen-bond donors (Lipinski definition) is 3. The Bertz CT molecular complexity index is 241. The Morgan fingerprint density at radius 1 is 1.31 bits per heavy atom. The molecule has 0 rings (SSSR count). The minimum absolute atomic E-state index is 0.142. The number of carboxylic acids is 1. The van der Waals surface area contributed by atoms with Crippen LogP contribution in [-0.4, -0.2) is 55.2 Å². The molecule has 0 aliphatic heterocycles. The lowest BCUT2D eigenvalue weighted by atomic mass is 10.1. The maximum Gasteiger partial charge on any atom is 0.326 e. The van der Waals surface area contributed by atoms with E-state index in [9.17, 15) is 9.59 Å². The van der Waals surface area contributed by atoms with E-state index in [0.29, 0.717) is 13.1 Å². The Morgan fingerprint density at radius 3 is 2.25 bits per heavy atom. The summed E-state index contributed by atoms with van der Waals surface area (Å²) in [6, 6.07) is -1.29. The van der Waals surface area contributed by atoms with Gasteiger partial charge in [0, 0.05) is 13.1 Å². The van der Waals surface area contributed by atoms with E-state index in [-0.39, 0.29) is 5.92 Å². The first-order chi connectivity index (χ1) is 7.34. The Kier molecular flexibility index (Phi) is 6.48. The van der Waals surface area contributed by atoms with Gasteiger partial charge in [0.25, 0.3) is 0 Å². The monoisotopic (exact) mass is 231 g/mol. The third-order valence-electron chi connectivity index (χ3n) is 2.06. The number of rotatable bonds is 6. The molecule has 0 aromatic rings. The summed E-state index contributed by atoms with van der Waals surface area (Å²) in [6.45, 7) is 4.70. The van der Waals surface area contributed by atoms with Crippen LogP contribution in [0.5, 0.6) is 0 Å². The molecule has 1 unspecified atom stereocenters. The molecule has 2 amide bonds. The van der Waals surface area contributed by atoms with Gasteiger partial charge in [-0.25, -0.2) is 9.59 Å². The fourth-order valence-electron chi connectivity index (χ4n) is 1.10. The maximum absolute atomic E-state index is 11.3. The minimum atomic E-state index is -1.02. The molecule has 6 nitrogen and oxygen atoms in total. The molecule has 16 heavy (non-hydrogen) atoms. The predicted octanol–water partition coefficient (Wildman–Crippen LogP) is -0.0436. The minimum Gasteiger partial charge on any atom is -0.480 e. The molecule has 0 radical (unpaired) electrons. The summed E-state index contributed by atoms with van der Waals surface area (Å²) in [6.07, 6.45) is 0. The molecule has 0 spiro atoms. The molecule has 6 heteroatoms. The van der Waals surface area contributed by atoms with E-state index in [1.54, 1.807) is 13.8 Å². The van der Waals surface area contributed by atoms with E-state index < -0.39 is 18.0 Å². The third-order valence-corrected chi connectivity index (χ3v) is 2.06. The molecule has 0 aliphatic carbocycles. The Hall–Kier alpha value is -1.30. The van der Waals surface area contributed by atoms with Crippen molar-refractivity contribution in [2.75, 3.05) is 27.2 Å². The first-order valence-corrected chi connectivity index (χ1v) is 5.26. The van der Waals surface area contributed by atoms with Gasteiger partial charge < -0.3 is 20.6 Å². The number of carboxylic acid groups (broad SMARTS) is 1. The van der Waals surface area contributed by atoms with Crippen LogP contribution in [0.3, 0.4) is 0 Å². The van der Waals surface area contributed by atoms with Crippen molar-refractivity contribution in [3.05, 3.63) is 0 Å². The van der Waals surface area contributed by atoms with E-state index >= 15 is 0 Å². The summed E-state index contributed by atoms with van der Waals surface area (Å²) in [5.74, 6) is -1.16. The number of likely N-dealkylation sites (N-methyl/N-ethyl adjacent to an activating group) is 1. The Labute approximate surface area is 96.0 Å². The summed E-state index contributed by atoms with van der Waals surface area (Å²) in [5, 5.41) is 13.9. The molecular weight excluding hydrogens is 210 g/mol. The Morgan fingerprint density at radius 2 is 1.88 bits per heavy atom. The van der Waals surface area contributed by atoms with Crippen molar-refractivity contribution in [1.29, 1.82) is 0 Å². The molecule has 0 heterocycles. The summed E-state index contributed by atoms with van der Waals surface area (Å²) in [4.78, 5) is 24.1. The lowest BCUT2D eigenvalue weighted by Gasteiger charge is -2.18. The highest BCUT2D eigenvalue weighted by molar-refractivity contribution is 5.82. The second-order valence-electron chi connectivity index (χ2n) is 4.26. The molecule has 0 bridgehead atoms. The molecule has 94 valence electrons. The van der Waals surface area contributed by atoms with Crippen LogP contribution in [0.2, 0.25) is 0 Å². The van der Waals surface area contributed by atoms with Crippen LogP contribution >= 0.6 is 0 Å². The second-order valence-corrected chi connectivity index (χ2v) is 4.26. The van der Waals surface area contributed by atoms with E-state index in [1.807, 2.05) is 19.0 Å². The highest BCUT2D eigenvalue weighted by Crippen LogP contribution is 2.00. The number of aliphatic carboxylic acids is 1. The van der Waals surface area contributed by atoms with Gasteiger partial charge in [-0.3, -0.25) is 0 Å². The van der Waals surface area contributed by atoms with Gasteiger partial charge in [-0.05, 0) is 20.0 Å². The second kappa shape index (κ2) is 7.05. The molecular formula is C10H21N3O3. The van der Waals surface area contributed by atoms with Crippen molar-refractivity contribution in [1.82, 2.24) is 15.5 Å². The van der Waals surface area contributed by atoms with E-state index in [1.165, 1.54) is 0 Å². The first-order valence-electron chi connectivity index (χ1n) is 5.26. The van der Waals surface area contributed by atoms with Crippen molar-refractivity contribution in [2.45, 2.75) is 19.9 Å². The molecule has 0 saturated carbocycles. The number of urea groups is 1. The van der Waals surface area contributed by atoms with Gasteiger partial charge in [-0.15, -0.1) is 0 Å². The quantitative estimate of drug-likeness (QED) is 0.599. The van der Waals surface area contributed by atoms with Gasteiger partial charge in [0.15, 0.2) is 0 Å². The van der Waals surface area contributed by atoms with E-state index in [0.717, 1.165) is 0 Å². The van der Waals surface area contributed by atoms with Crippen molar-refractivity contribution in [3.63, 3.8) is 0 Å². The fraction of sp³-hybridized carbons (Fsp3) is 0.800. The van der Waals surface area contributed by atoms with E-state index in [2.05, 4.69) is 10.6 Å². The SMILES string of the molecule is CC(C)C(NC(=O)NCCN(C)C)C(=O)O. The lowest BCUT2D eigenvalue weighted by Crippen LogP contribution is -2.49. The molecule has 0 saturated heterocycles. The van der Waals surface area contributed by atoms with E-state index in [4.69, 9.17) is 5.11 Å². The zero-order valence-corrected chi connectivity index (χ0v) is 10.3. The highest BCUT2D eigenvalue weighted by Gasteiger charge is 2.22. The predicted molar refractivity (Wildman–Crippen MR) is 61.4 cm³/mol. The van der Waals surface area contributed by atoms with Crippen molar-refractivity contribution in [3.8, 4) is 0 Å². The summed E-state index contributed by atoms with van der Waals surface area (Å²) in [7, 11) is 3.79. The molecule has 0 aromatic heterocycles. The van der Waals surface area contributed by atoms with Crippen LogP contribution < -0.4 is 10.6 Å². The number of amides is 2. The van der Waals surface area contributed by atoms with Gasteiger partial charge in [0.05, 0.1) is 0 Å². The van der Waals surface area contributed by atoms with Crippen LogP contribution in [0.25, 0.3) is 0 Å². The topological polar surface area (TPSA) is 81.7 Å². The standard InChI is InChI=1S/C10H21N3O3/c1-7(2)8(9(14)15)12-10(16)11-5-6-13(3)4/h7-8H,5-6H2,1-4H3,(H,14,15)(H2,11,12,16). The average Bonchev–Trinajstić information content (AvgIpc) is 2.12. The fourth-order valence-corrected chi connectivity index (χ4v) is 1.10. The van der Waals surface area contributed by atoms with Crippen LogP contribution in [0.4, 0.5) is 4.79 Å². The molecule has 0 fully saturated rings. The lowest BCUT2D eigenvalue weighted by molar-refractivity contribution is -0.140. The number of carbonyl (C=O) groups excluding carboxylic acids is 1. The van der Waals surface area contributed by atoms with Crippen molar-refractivity contribution >= 4 is 12.0 Å². The van der Waals surface area contributed by atoms with Crippen LogP contribution in [0.15, 0.2) is 0 Å². The third kappa shape index (κ3) is 6.23. The summed E-state index contributed by atoms with van der Waals surface area (Å²) < 4.78 is 0. The summed E-state index contributed by atoms with van der Waals surface area (Å²) >= 11 is 0. The molecule has 0 aromatic carbocycles. The van der Waals surface area contributed by atoms with Gasteiger partial charge >= 0.3 is 12.0 Å². The zero-order chi connectivity index (χ0) is 12.7. The van der Waals surface area contributed by atoms with Crippen LogP contribution in [-0.2, 0) is 4.79 Å². The first kappa shape index (κ1) is 14.7. The molecule has 1 atom stereocenters. The normalized spacial score (nSPS) is 12.6. The zero-order valence-electron chi connectivity index (χ0n) is 10.3. The van der Waals surface area contributed by atoms with Gasteiger partial charge in [-0.1, -0.05) is 13.8 Å². The summed E-state index contributed by atoms with van der Waals surface area (Å²) in [5.41, 5.74) is 0. The smallest absolute Gasteiger partial charge is 0.326 e. The number of carbonyl (C=O) groups is 2. The number of nitrogens with one attached hydrogen (secondary N) is 2.